The first kappa shape index (κ1) is 19.6. The second kappa shape index (κ2) is 8.74. The molecule has 4 rings (SSSR count). The van der Waals surface area contributed by atoms with Crippen LogP contribution in [-0.2, 0) is 0 Å². The van der Waals surface area contributed by atoms with Gasteiger partial charge in [-0.05, 0) is 61.9 Å². The van der Waals surface area contributed by atoms with E-state index in [9.17, 15) is 5.11 Å². The second-order valence-corrected chi connectivity index (χ2v) is 8.34. The third-order valence-electron chi connectivity index (χ3n) is 5.62. The van der Waals surface area contributed by atoms with E-state index in [2.05, 4.69) is 64.1 Å². The Hall–Kier alpha value is -2.73. The molecule has 5 nitrogen and oxygen atoms in total. The highest BCUT2D eigenvalue weighted by atomic mass is 32.1. The van der Waals surface area contributed by atoms with Crippen molar-refractivity contribution in [2.24, 2.45) is 4.99 Å². The number of phenolic OH excluding ortho intramolecular Hbond substituents is 1. The highest BCUT2D eigenvalue weighted by Gasteiger charge is 2.17. The average Bonchev–Trinajstić information content (AvgIpc) is 3.22. The zero-order chi connectivity index (χ0) is 20.2. The summed E-state index contributed by atoms with van der Waals surface area (Å²) in [5.41, 5.74) is 3.41. The fourth-order valence-electron chi connectivity index (χ4n) is 3.63. The Morgan fingerprint density at radius 2 is 1.48 bits per heavy atom. The van der Waals surface area contributed by atoms with Gasteiger partial charge in [0, 0.05) is 55.2 Å². The van der Waals surface area contributed by atoms with Crippen molar-refractivity contribution < 1.29 is 5.11 Å². The number of phenols is 1. The van der Waals surface area contributed by atoms with Crippen LogP contribution in [0.2, 0.25) is 0 Å². The molecule has 29 heavy (non-hydrogen) atoms. The van der Waals surface area contributed by atoms with Gasteiger partial charge in [0.25, 0.3) is 0 Å². The Balaban J connectivity index is 1.42. The van der Waals surface area contributed by atoms with Gasteiger partial charge in [-0.3, -0.25) is 0 Å². The van der Waals surface area contributed by atoms with Crippen molar-refractivity contribution in [3.63, 3.8) is 0 Å². The van der Waals surface area contributed by atoms with Gasteiger partial charge in [-0.2, -0.15) is 0 Å². The van der Waals surface area contributed by atoms with Crippen molar-refractivity contribution in [1.29, 1.82) is 0 Å². The molecule has 1 N–H and O–H groups in total. The lowest BCUT2D eigenvalue weighted by atomic mass is 10.2. The predicted molar refractivity (Wildman–Crippen MR) is 122 cm³/mol. The van der Waals surface area contributed by atoms with Gasteiger partial charge in [-0.25, -0.2) is 4.99 Å². The molecule has 1 saturated heterocycles. The number of nitrogens with zero attached hydrogens (tertiary/aromatic N) is 4. The molecule has 2 aromatic carbocycles. The maximum absolute atomic E-state index is 9.47. The summed E-state index contributed by atoms with van der Waals surface area (Å²) < 4.78 is 2.25. The van der Waals surface area contributed by atoms with Crippen LogP contribution >= 0.6 is 11.3 Å². The second-order valence-electron chi connectivity index (χ2n) is 7.47. The molecule has 2 heterocycles. The lowest BCUT2D eigenvalue weighted by Gasteiger charge is -2.37. The van der Waals surface area contributed by atoms with Crippen LogP contribution in [0.25, 0.3) is 0 Å². The number of thiazole rings is 1. The van der Waals surface area contributed by atoms with E-state index in [-0.39, 0.29) is 0 Å². The Labute approximate surface area is 176 Å². The largest absolute Gasteiger partial charge is 0.508 e. The van der Waals surface area contributed by atoms with Crippen LogP contribution in [-0.4, -0.2) is 35.9 Å². The van der Waals surface area contributed by atoms with Crippen molar-refractivity contribution >= 4 is 28.4 Å². The van der Waals surface area contributed by atoms with Crippen LogP contribution in [0.15, 0.2) is 65.1 Å². The highest BCUT2D eigenvalue weighted by molar-refractivity contribution is 7.07. The van der Waals surface area contributed by atoms with Crippen molar-refractivity contribution in [3.8, 4) is 5.75 Å². The number of rotatable bonds is 5. The summed E-state index contributed by atoms with van der Waals surface area (Å²) in [5, 5.41) is 11.6. The van der Waals surface area contributed by atoms with E-state index in [0.29, 0.717) is 11.8 Å². The van der Waals surface area contributed by atoms with E-state index in [1.807, 2.05) is 12.1 Å². The Bertz CT molecular complexity index is 983. The van der Waals surface area contributed by atoms with Crippen LogP contribution in [0, 0.1) is 0 Å². The topological polar surface area (TPSA) is 44.0 Å². The first-order valence-electron chi connectivity index (χ1n) is 10.2. The molecule has 0 spiro atoms. The molecule has 1 aliphatic rings. The molecule has 3 aromatic rings. The molecule has 1 aromatic heterocycles. The van der Waals surface area contributed by atoms with Gasteiger partial charge >= 0.3 is 0 Å². The molecule has 0 amide bonds. The zero-order valence-electron chi connectivity index (χ0n) is 17.0. The SMILES string of the molecule is CCC(C)n1ccs/c1=N\c1ccc(N2CCN(c3ccc(O)cc3)CC2)cc1. The summed E-state index contributed by atoms with van der Waals surface area (Å²) in [7, 11) is 0. The summed E-state index contributed by atoms with van der Waals surface area (Å²) in [6.07, 6.45) is 3.22. The molecule has 0 aliphatic carbocycles. The number of piperazine rings is 1. The highest BCUT2D eigenvalue weighted by Crippen LogP contribution is 2.24. The van der Waals surface area contributed by atoms with Crippen molar-refractivity contribution in [1.82, 2.24) is 4.57 Å². The minimum atomic E-state index is 0.315. The van der Waals surface area contributed by atoms with Crippen molar-refractivity contribution in [2.45, 2.75) is 26.3 Å². The zero-order valence-corrected chi connectivity index (χ0v) is 17.8. The minimum Gasteiger partial charge on any atom is -0.508 e. The molecule has 0 bridgehead atoms. The first-order valence-corrected chi connectivity index (χ1v) is 11.1. The van der Waals surface area contributed by atoms with E-state index in [0.717, 1.165) is 43.1 Å². The van der Waals surface area contributed by atoms with E-state index >= 15 is 0 Å². The molecule has 152 valence electrons. The first-order chi connectivity index (χ1) is 14.1. The number of hydrogen-bond acceptors (Lipinski definition) is 5. The summed E-state index contributed by atoms with van der Waals surface area (Å²) >= 11 is 1.68. The Morgan fingerprint density at radius 1 is 0.931 bits per heavy atom. The van der Waals surface area contributed by atoms with Crippen molar-refractivity contribution in [3.05, 3.63) is 64.9 Å². The van der Waals surface area contributed by atoms with Gasteiger partial charge in [0.1, 0.15) is 5.75 Å². The molecule has 0 saturated carbocycles. The summed E-state index contributed by atoms with van der Waals surface area (Å²) in [4.78, 5) is 10.7. The molecule has 1 fully saturated rings. The number of aromatic hydroxyl groups is 1. The smallest absolute Gasteiger partial charge is 0.190 e. The Morgan fingerprint density at radius 3 is 2.03 bits per heavy atom. The summed E-state index contributed by atoms with van der Waals surface area (Å²) in [6.45, 7) is 8.34. The third-order valence-corrected chi connectivity index (χ3v) is 6.39. The Kier molecular flexibility index (Phi) is 5.90. The standard InChI is InChI=1S/C23H28N4OS/c1-3-18(2)27-16-17-29-23(27)24-19-4-6-20(7-5-19)25-12-14-26(15-13-25)21-8-10-22(28)11-9-21/h4-11,16-18,28H,3,12-15H2,1-2H3/b24-23-. The van der Waals surface area contributed by atoms with E-state index < -0.39 is 0 Å². The molecular formula is C23H28N4OS. The van der Waals surface area contributed by atoms with Gasteiger partial charge in [-0.1, -0.05) is 6.92 Å². The van der Waals surface area contributed by atoms with Gasteiger partial charge < -0.3 is 19.5 Å². The number of benzene rings is 2. The number of aromatic nitrogens is 1. The van der Waals surface area contributed by atoms with E-state index in [4.69, 9.17) is 4.99 Å². The summed E-state index contributed by atoms with van der Waals surface area (Å²) in [5.74, 6) is 0.315. The monoisotopic (exact) mass is 408 g/mol. The summed E-state index contributed by atoms with van der Waals surface area (Å²) in [6, 6.07) is 16.5. The van der Waals surface area contributed by atoms with E-state index in [1.165, 1.54) is 11.4 Å². The van der Waals surface area contributed by atoms with Crippen LogP contribution in [0.5, 0.6) is 5.75 Å². The van der Waals surface area contributed by atoms with Crippen LogP contribution in [0.3, 0.4) is 0 Å². The normalized spacial score (nSPS) is 16.3. The van der Waals surface area contributed by atoms with Crippen LogP contribution < -0.4 is 14.6 Å². The predicted octanol–water partition coefficient (Wildman–Crippen LogP) is 4.79. The van der Waals surface area contributed by atoms with Gasteiger partial charge in [-0.15, -0.1) is 11.3 Å². The average molecular weight is 409 g/mol. The maximum atomic E-state index is 9.47. The van der Waals surface area contributed by atoms with Gasteiger partial charge in [0.15, 0.2) is 4.80 Å². The number of hydrogen-bond donors (Lipinski definition) is 1. The quantitative estimate of drug-likeness (QED) is 0.660. The van der Waals surface area contributed by atoms with Crippen LogP contribution in [0.1, 0.15) is 26.3 Å². The molecular weight excluding hydrogens is 380 g/mol. The molecule has 6 heteroatoms. The minimum absolute atomic E-state index is 0.315. The van der Waals surface area contributed by atoms with Gasteiger partial charge in [0.2, 0.25) is 0 Å². The molecule has 1 atom stereocenters. The molecule has 0 radical (unpaired) electrons. The van der Waals surface area contributed by atoms with Gasteiger partial charge in [0.05, 0.1) is 5.69 Å². The fraction of sp³-hybridized carbons (Fsp3) is 0.348. The lowest BCUT2D eigenvalue weighted by molar-refractivity contribution is 0.475. The molecule has 1 unspecified atom stereocenters. The molecule has 1 aliphatic heterocycles. The fourth-order valence-corrected chi connectivity index (χ4v) is 4.47. The lowest BCUT2D eigenvalue weighted by Crippen LogP contribution is -2.46. The van der Waals surface area contributed by atoms with Crippen LogP contribution in [0.4, 0.5) is 17.1 Å². The van der Waals surface area contributed by atoms with Crippen molar-refractivity contribution in [2.75, 3.05) is 36.0 Å². The number of anilines is 2. The third kappa shape index (κ3) is 4.48. The van der Waals surface area contributed by atoms with E-state index in [1.54, 1.807) is 23.5 Å². The maximum Gasteiger partial charge on any atom is 0.190 e.